The van der Waals surface area contributed by atoms with Gasteiger partial charge in [0, 0.05) is 6.61 Å². The van der Waals surface area contributed by atoms with Gasteiger partial charge >= 0.3 is 0 Å². The molecule has 0 saturated carbocycles. The largest absolute Gasteiger partial charge is 0.396 e. The van der Waals surface area contributed by atoms with Crippen molar-refractivity contribution in [2.75, 3.05) is 6.61 Å². The summed E-state index contributed by atoms with van der Waals surface area (Å²) in [5.41, 5.74) is 1.20. The second-order valence-corrected chi connectivity index (χ2v) is 3.47. The average Bonchev–Trinajstić information content (AvgIpc) is 2.25. The normalized spacial score (nSPS) is 12.7. The van der Waals surface area contributed by atoms with Crippen LogP contribution in [0.1, 0.15) is 25.3 Å². The maximum atomic E-state index is 8.64. The molecule has 1 N–H and O–H groups in total. The predicted octanol–water partition coefficient (Wildman–Crippen LogP) is 2.36. The minimum absolute atomic E-state index is 0.224. The average molecular weight is 194 g/mol. The number of hydrogen-bond donors (Lipinski definition) is 1. The van der Waals surface area contributed by atoms with Gasteiger partial charge in [-0.3, -0.25) is 0 Å². The van der Waals surface area contributed by atoms with E-state index >= 15 is 0 Å². The second kappa shape index (κ2) is 6.57. The number of ether oxygens (including phenoxy) is 1. The van der Waals surface area contributed by atoms with E-state index in [0.29, 0.717) is 6.61 Å². The highest BCUT2D eigenvalue weighted by Crippen LogP contribution is 2.06. The molecular formula is C12H18O2. The van der Waals surface area contributed by atoms with Crippen LogP contribution in [0.15, 0.2) is 30.3 Å². The van der Waals surface area contributed by atoms with Crippen LogP contribution in [0.5, 0.6) is 0 Å². The smallest absolute Gasteiger partial charge is 0.0720 e. The minimum atomic E-state index is 0.224. The SMILES string of the molecule is C[C@@H](CCCO)OCc1ccccc1. The van der Waals surface area contributed by atoms with E-state index in [-0.39, 0.29) is 12.7 Å². The van der Waals surface area contributed by atoms with Gasteiger partial charge < -0.3 is 9.84 Å². The summed E-state index contributed by atoms with van der Waals surface area (Å²) in [6, 6.07) is 10.1. The molecule has 0 bridgehead atoms. The molecule has 0 fully saturated rings. The zero-order valence-corrected chi connectivity index (χ0v) is 8.65. The van der Waals surface area contributed by atoms with Gasteiger partial charge in [0.25, 0.3) is 0 Å². The van der Waals surface area contributed by atoms with Crippen LogP contribution in [0.3, 0.4) is 0 Å². The van der Waals surface area contributed by atoms with Crippen molar-refractivity contribution in [1.29, 1.82) is 0 Å². The molecule has 2 heteroatoms. The van der Waals surface area contributed by atoms with Crippen molar-refractivity contribution in [3.63, 3.8) is 0 Å². The molecule has 0 aromatic heterocycles. The molecule has 0 aliphatic rings. The predicted molar refractivity (Wildman–Crippen MR) is 57.0 cm³/mol. The summed E-state index contributed by atoms with van der Waals surface area (Å²) in [6.45, 7) is 2.95. The molecule has 0 unspecified atom stereocenters. The molecule has 0 saturated heterocycles. The van der Waals surface area contributed by atoms with E-state index in [1.54, 1.807) is 0 Å². The lowest BCUT2D eigenvalue weighted by atomic mass is 10.2. The molecule has 0 radical (unpaired) electrons. The summed E-state index contributed by atoms with van der Waals surface area (Å²) >= 11 is 0. The van der Waals surface area contributed by atoms with E-state index in [1.165, 1.54) is 5.56 Å². The molecule has 0 spiro atoms. The Morgan fingerprint density at radius 3 is 2.64 bits per heavy atom. The number of aliphatic hydroxyl groups excluding tert-OH is 1. The van der Waals surface area contributed by atoms with Crippen LogP contribution in [0.25, 0.3) is 0 Å². The third-order valence-corrected chi connectivity index (χ3v) is 2.15. The van der Waals surface area contributed by atoms with Crippen molar-refractivity contribution in [1.82, 2.24) is 0 Å². The lowest BCUT2D eigenvalue weighted by molar-refractivity contribution is 0.0431. The number of rotatable bonds is 6. The first-order chi connectivity index (χ1) is 6.83. The van der Waals surface area contributed by atoms with Gasteiger partial charge in [-0.15, -0.1) is 0 Å². The Hall–Kier alpha value is -0.860. The lowest BCUT2D eigenvalue weighted by Crippen LogP contribution is -2.08. The van der Waals surface area contributed by atoms with E-state index in [1.807, 2.05) is 25.1 Å². The van der Waals surface area contributed by atoms with E-state index in [0.717, 1.165) is 12.8 Å². The van der Waals surface area contributed by atoms with Gasteiger partial charge in [0.2, 0.25) is 0 Å². The minimum Gasteiger partial charge on any atom is -0.396 e. The number of hydrogen-bond acceptors (Lipinski definition) is 2. The highest BCUT2D eigenvalue weighted by molar-refractivity contribution is 5.13. The molecule has 0 aliphatic heterocycles. The van der Waals surface area contributed by atoms with Gasteiger partial charge in [0.15, 0.2) is 0 Å². The summed E-state index contributed by atoms with van der Waals surface area (Å²) in [6.07, 6.45) is 1.96. The van der Waals surface area contributed by atoms with Crippen molar-refractivity contribution >= 4 is 0 Å². The van der Waals surface area contributed by atoms with Gasteiger partial charge in [-0.25, -0.2) is 0 Å². The number of benzene rings is 1. The van der Waals surface area contributed by atoms with E-state index in [2.05, 4.69) is 12.1 Å². The molecular weight excluding hydrogens is 176 g/mol. The summed E-state index contributed by atoms with van der Waals surface area (Å²) < 4.78 is 5.62. The Bertz CT molecular complexity index is 233. The standard InChI is InChI=1S/C12H18O2/c1-11(6-5-9-13)14-10-12-7-3-2-4-8-12/h2-4,7-8,11,13H,5-6,9-10H2,1H3/t11-/m0/s1. The number of aliphatic hydroxyl groups is 1. The molecule has 0 aliphatic carbocycles. The van der Waals surface area contributed by atoms with Crippen LogP contribution in [0.4, 0.5) is 0 Å². The highest BCUT2D eigenvalue weighted by atomic mass is 16.5. The molecule has 1 rings (SSSR count). The van der Waals surface area contributed by atoms with Crippen LogP contribution >= 0.6 is 0 Å². The fourth-order valence-corrected chi connectivity index (χ4v) is 1.27. The fourth-order valence-electron chi connectivity index (χ4n) is 1.27. The monoisotopic (exact) mass is 194 g/mol. The van der Waals surface area contributed by atoms with Crippen molar-refractivity contribution in [2.24, 2.45) is 0 Å². The third kappa shape index (κ3) is 4.40. The third-order valence-electron chi connectivity index (χ3n) is 2.15. The Kier molecular flexibility index (Phi) is 5.27. The van der Waals surface area contributed by atoms with Crippen molar-refractivity contribution in [2.45, 2.75) is 32.5 Å². The van der Waals surface area contributed by atoms with Crippen LogP contribution in [0, 0.1) is 0 Å². The summed E-state index contributed by atoms with van der Waals surface area (Å²) in [5, 5.41) is 8.64. The second-order valence-electron chi connectivity index (χ2n) is 3.47. The van der Waals surface area contributed by atoms with Gasteiger partial charge in [0.1, 0.15) is 0 Å². The quantitative estimate of drug-likeness (QED) is 0.753. The van der Waals surface area contributed by atoms with Crippen LogP contribution in [-0.4, -0.2) is 17.8 Å². The summed E-state index contributed by atoms with van der Waals surface area (Å²) in [5.74, 6) is 0. The maximum absolute atomic E-state index is 8.64. The Labute approximate surface area is 85.5 Å². The maximum Gasteiger partial charge on any atom is 0.0720 e. The molecule has 78 valence electrons. The molecule has 1 aromatic rings. The van der Waals surface area contributed by atoms with Crippen molar-refractivity contribution in [3.05, 3.63) is 35.9 Å². The van der Waals surface area contributed by atoms with E-state index in [4.69, 9.17) is 9.84 Å². The van der Waals surface area contributed by atoms with Crippen LogP contribution in [0.2, 0.25) is 0 Å². The zero-order valence-electron chi connectivity index (χ0n) is 8.65. The molecule has 0 heterocycles. The first kappa shape index (κ1) is 11.2. The first-order valence-corrected chi connectivity index (χ1v) is 5.09. The first-order valence-electron chi connectivity index (χ1n) is 5.09. The Morgan fingerprint density at radius 2 is 2.00 bits per heavy atom. The fraction of sp³-hybridized carbons (Fsp3) is 0.500. The zero-order chi connectivity index (χ0) is 10.2. The molecule has 14 heavy (non-hydrogen) atoms. The molecule has 1 atom stereocenters. The highest BCUT2D eigenvalue weighted by Gasteiger charge is 2.01. The Balaban J connectivity index is 2.20. The topological polar surface area (TPSA) is 29.5 Å². The summed E-state index contributed by atoms with van der Waals surface area (Å²) in [4.78, 5) is 0. The summed E-state index contributed by atoms with van der Waals surface area (Å²) in [7, 11) is 0. The molecule has 1 aromatic carbocycles. The van der Waals surface area contributed by atoms with Crippen LogP contribution in [-0.2, 0) is 11.3 Å². The van der Waals surface area contributed by atoms with Gasteiger partial charge in [-0.05, 0) is 25.3 Å². The molecule has 2 nitrogen and oxygen atoms in total. The van der Waals surface area contributed by atoms with Gasteiger partial charge in [-0.1, -0.05) is 30.3 Å². The van der Waals surface area contributed by atoms with Gasteiger partial charge in [0.05, 0.1) is 12.7 Å². The van der Waals surface area contributed by atoms with Crippen molar-refractivity contribution < 1.29 is 9.84 Å². The van der Waals surface area contributed by atoms with Crippen LogP contribution < -0.4 is 0 Å². The van der Waals surface area contributed by atoms with Gasteiger partial charge in [-0.2, -0.15) is 0 Å². The Morgan fingerprint density at radius 1 is 1.29 bits per heavy atom. The van der Waals surface area contributed by atoms with E-state index in [9.17, 15) is 0 Å². The lowest BCUT2D eigenvalue weighted by Gasteiger charge is -2.12. The van der Waals surface area contributed by atoms with E-state index < -0.39 is 0 Å². The molecule has 0 amide bonds. The van der Waals surface area contributed by atoms with Crippen molar-refractivity contribution in [3.8, 4) is 0 Å².